The molecule has 2 aromatic rings. The van der Waals surface area contributed by atoms with Crippen LogP contribution in [-0.4, -0.2) is 83.7 Å². The van der Waals surface area contributed by atoms with E-state index in [1.54, 1.807) is 37.4 Å². The maximum absolute atomic E-state index is 13.3. The number of morpholine rings is 1. The number of aliphatic hydroxyl groups excluding tert-OH is 2. The second-order valence-electron chi connectivity index (χ2n) is 7.91. The van der Waals surface area contributed by atoms with Crippen LogP contribution < -0.4 is 20.4 Å². The Morgan fingerprint density at radius 2 is 2.09 bits per heavy atom. The Bertz CT molecular complexity index is 1020. The number of anilines is 3. The van der Waals surface area contributed by atoms with Crippen molar-refractivity contribution in [2.75, 3.05) is 55.1 Å². The number of hydrogen-bond acceptors (Lipinski definition) is 8. The number of β-amino-alcohol motifs (C(OH)–C–C–N with tert-alkyl or cyclic N) is 1. The number of ether oxygens (including phenoxy) is 1. The maximum atomic E-state index is 13.3. The molecule has 170 valence electrons. The zero-order valence-electron chi connectivity index (χ0n) is 17.9. The molecule has 3 amide bonds. The highest BCUT2D eigenvalue weighted by Crippen LogP contribution is 2.41. The van der Waals surface area contributed by atoms with Crippen LogP contribution in [0.3, 0.4) is 0 Å². The van der Waals surface area contributed by atoms with E-state index < -0.39 is 18.2 Å². The molecule has 11 heteroatoms. The average Bonchev–Trinajstić information content (AvgIpc) is 2.82. The number of aliphatic hydroxyl groups is 2. The molecule has 2 aliphatic heterocycles. The Morgan fingerprint density at radius 3 is 2.78 bits per heavy atom. The van der Waals surface area contributed by atoms with Crippen molar-refractivity contribution in [3.05, 3.63) is 30.5 Å². The van der Waals surface area contributed by atoms with E-state index in [1.165, 1.54) is 11.9 Å². The van der Waals surface area contributed by atoms with E-state index in [0.29, 0.717) is 36.2 Å². The molecule has 1 saturated heterocycles. The van der Waals surface area contributed by atoms with Gasteiger partial charge in [-0.15, -0.1) is 0 Å². The molecule has 2 aliphatic rings. The fraction of sp³-hybridized carbons (Fsp3) is 0.429. The van der Waals surface area contributed by atoms with Crippen LogP contribution in [0.15, 0.2) is 30.5 Å². The number of nitrogens with zero attached hydrogens (tertiary/aromatic N) is 4. The molecule has 1 unspecified atom stereocenters. The first-order valence-corrected chi connectivity index (χ1v) is 10.3. The third-order valence-corrected chi connectivity index (χ3v) is 5.67. The molecule has 0 bridgehead atoms. The standard InChI is InChI=1S/C21H26N6O5/c1-21-12-32-8-7-27(21)18-16(26(19(21)30)10-15(29)11-28)9-23-17(25-18)13-3-5-14(6-4-13)24-20(31)22-2/h3-6,9,15,28-29H,7-8,10-12H2,1-2H3,(H2,22,24,31)/t15-,21?/m0/s1. The molecule has 3 heterocycles. The van der Waals surface area contributed by atoms with Gasteiger partial charge in [-0.25, -0.2) is 14.8 Å². The molecule has 1 aromatic heterocycles. The van der Waals surface area contributed by atoms with Crippen molar-refractivity contribution in [1.82, 2.24) is 15.3 Å². The van der Waals surface area contributed by atoms with Crippen LogP contribution in [-0.2, 0) is 9.53 Å². The number of benzene rings is 1. The summed E-state index contributed by atoms with van der Waals surface area (Å²) in [6.45, 7) is 2.38. The summed E-state index contributed by atoms with van der Waals surface area (Å²) < 4.78 is 5.59. The lowest BCUT2D eigenvalue weighted by molar-refractivity contribution is -0.128. The average molecular weight is 442 g/mol. The summed E-state index contributed by atoms with van der Waals surface area (Å²) >= 11 is 0. The van der Waals surface area contributed by atoms with E-state index in [2.05, 4.69) is 15.6 Å². The number of urea groups is 1. The molecule has 0 saturated carbocycles. The van der Waals surface area contributed by atoms with Gasteiger partial charge in [-0.2, -0.15) is 0 Å². The van der Waals surface area contributed by atoms with Gasteiger partial charge in [-0.3, -0.25) is 4.79 Å². The lowest BCUT2D eigenvalue weighted by Crippen LogP contribution is -2.68. The molecule has 0 aliphatic carbocycles. The topological polar surface area (TPSA) is 140 Å². The van der Waals surface area contributed by atoms with Gasteiger partial charge >= 0.3 is 6.03 Å². The van der Waals surface area contributed by atoms with Gasteiger partial charge in [-0.05, 0) is 31.2 Å². The summed E-state index contributed by atoms with van der Waals surface area (Å²) in [4.78, 5) is 37.3. The molecule has 2 atom stereocenters. The van der Waals surface area contributed by atoms with Gasteiger partial charge < -0.3 is 35.4 Å². The second-order valence-corrected chi connectivity index (χ2v) is 7.91. The lowest BCUT2D eigenvalue weighted by Gasteiger charge is -2.50. The number of carbonyl (C=O) groups excluding carboxylic acids is 2. The minimum Gasteiger partial charge on any atom is -0.394 e. The Hall–Kier alpha value is -3.28. The molecule has 4 N–H and O–H groups in total. The summed E-state index contributed by atoms with van der Waals surface area (Å²) in [5.41, 5.74) is 0.863. The van der Waals surface area contributed by atoms with Gasteiger partial charge in [-0.1, -0.05) is 0 Å². The minimum atomic E-state index is -1.09. The molecular weight excluding hydrogens is 416 g/mol. The number of fused-ring (bicyclic) bond motifs is 3. The fourth-order valence-corrected chi connectivity index (χ4v) is 3.91. The number of amides is 3. The zero-order valence-corrected chi connectivity index (χ0v) is 17.9. The molecule has 4 rings (SSSR count). The van der Waals surface area contributed by atoms with E-state index in [1.807, 2.05) is 4.90 Å². The monoisotopic (exact) mass is 442 g/mol. The first-order valence-electron chi connectivity index (χ1n) is 10.3. The van der Waals surface area contributed by atoms with Crippen molar-refractivity contribution < 1.29 is 24.5 Å². The van der Waals surface area contributed by atoms with Crippen molar-refractivity contribution in [1.29, 1.82) is 0 Å². The highest BCUT2D eigenvalue weighted by atomic mass is 16.5. The maximum Gasteiger partial charge on any atom is 0.318 e. The molecule has 0 spiro atoms. The van der Waals surface area contributed by atoms with Gasteiger partial charge in [0.25, 0.3) is 5.91 Å². The highest BCUT2D eigenvalue weighted by Gasteiger charge is 2.51. The van der Waals surface area contributed by atoms with Crippen LogP contribution in [0.2, 0.25) is 0 Å². The van der Waals surface area contributed by atoms with Crippen LogP contribution in [0, 0.1) is 0 Å². The van der Waals surface area contributed by atoms with Crippen LogP contribution in [0.5, 0.6) is 0 Å². The van der Waals surface area contributed by atoms with E-state index in [-0.39, 0.29) is 25.1 Å². The first-order chi connectivity index (χ1) is 15.4. The predicted molar refractivity (Wildman–Crippen MR) is 118 cm³/mol. The molecule has 0 radical (unpaired) electrons. The first kappa shape index (κ1) is 21.9. The molecule has 32 heavy (non-hydrogen) atoms. The third-order valence-electron chi connectivity index (χ3n) is 5.67. The normalized spacial score (nSPS) is 20.9. The second kappa shape index (κ2) is 8.69. The van der Waals surface area contributed by atoms with Crippen molar-refractivity contribution in [2.45, 2.75) is 18.6 Å². The van der Waals surface area contributed by atoms with Crippen LogP contribution in [0.25, 0.3) is 11.4 Å². The van der Waals surface area contributed by atoms with Crippen LogP contribution in [0.4, 0.5) is 22.0 Å². The van der Waals surface area contributed by atoms with Gasteiger partial charge in [0.05, 0.1) is 38.7 Å². The number of nitrogens with one attached hydrogen (secondary N) is 2. The van der Waals surface area contributed by atoms with Gasteiger partial charge in [0, 0.05) is 24.8 Å². The van der Waals surface area contributed by atoms with Crippen LogP contribution in [0.1, 0.15) is 6.92 Å². The van der Waals surface area contributed by atoms with E-state index in [4.69, 9.17) is 9.72 Å². The van der Waals surface area contributed by atoms with Gasteiger partial charge in [0.1, 0.15) is 11.2 Å². The predicted octanol–water partition coefficient (Wildman–Crippen LogP) is 0.190. The van der Waals surface area contributed by atoms with Crippen molar-refractivity contribution in [3.8, 4) is 11.4 Å². The summed E-state index contributed by atoms with van der Waals surface area (Å²) in [6.07, 6.45) is 0.470. The van der Waals surface area contributed by atoms with E-state index in [9.17, 15) is 19.8 Å². The summed E-state index contributed by atoms with van der Waals surface area (Å²) in [6, 6.07) is 6.78. The van der Waals surface area contributed by atoms with E-state index in [0.717, 1.165) is 5.56 Å². The molecule has 1 aromatic carbocycles. The summed E-state index contributed by atoms with van der Waals surface area (Å²) in [7, 11) is 1.54. The Balaban J connectivity index is 1.72. The Morgan fingerprint density at radius 1 is 1.34 bits per heavy atom. The third kappa shape index (κ3) is 3.85. The molecule has 11 nitrogen and oxygen atoms in total. The SMILES string of the molecule is CNC(=O)Nc1ccc(-c2ncc3c(n2)N2CCOCC2(C)C(=O)N3C[C@H](O)CO)cc1. The Kier molecular flexibility index (Phi) is 5.96. The summed E-state index contributed by atoms with van der Waals surface area (Å²) in [5, 5.41) is 24.5. The largest absolute Gasteiger partial charge is 0.394 e. The highest BCUT2D eigenvalue weighted by molar-refractivity contribution is 6.08. The number of carbonyl (C=O) groups is 2. The lowest BCUT2D eigenvalue weighted by atomic mass is 9.93. The Labute approximate surface area is 185 Å². The molecular formula is C21H26N6O5. The zero-order chi connectivity index (χ0) is 22.9. The van der Waals surface area contributed by atoms with E-state index >= 15 is 0 Å². The molecule has 1 fully saturated rings. The van der Waals surface area contributed by atoms with Crippen molar-refractivity contribution >= 4 is 29.1 Å². The van der Waals surface area contributed by atoms with Crippen molar-refractivity contribution in [2.24, 2.45) is 0 Å². The van der Waals surface area contributed by atoms with Gasteiger partial charge in [0.2, 0.25) is 0 Å². The number of rotatable bonds is 5. The smallest absolute Gasteiger partial charge is 0.318 e. The number of aromatic nitrogens is 2. The number of hydrogen-bond donors (Lipinski definition) is 4. The fourth-order valence-electron chi connectivity index (χ4n) is 3.91. The summed E-state index contributed by atoms with van der Waals surface area (Å²) in [5.74, 6) is 0.789. The quantitative estimate of drug-likeness (QED) is 0.515. The van der Waals surface area contributed by atoms with Crippen molar-refractivity contribution in [3.63, 3.8) is 0 Å². The minimum absolute atomic E-state index is 0.0751. The van der Waals surface area contributed by atoms with Crippen LogP contribution >= 0.6 is 0 Å². The van der Waals surface area contributed by atoms with Gasteiger partial charge in [0.15, 0.2) is 11.6 Å².